The quantitative estimate of drug-likeness (QED) is 0.457. The van der Waals surface area contributed by atoms with Gasteiger partial charge in [-0.1, -0.05) is 6.92 Å². The summed E-state index contributed by atoms with van der Waals surface area (Å²) in [5, 5.41) is 8.44. The van der Waals surface area contributed by atoms with Crippen LogP contribution >= 0.6 is 0 Å². The van der Waals surface area contributed by atoms with Gasteiger partial charge in [-0.25, -0.2) is 0 Å². The van der Waals surface area contributed by atoms with E-state index in [1.54, 1.807) is 24.3 Å². The molecule has 0 saturated heterocycles. The van der Waals surface area contributed by atoms with Gasteiger partial charge >= 0.3 is 0 Å². The van der Waals surface area contributed by atoms with E-state index in [2.05, 4.69) is 0 Å². The Kier molecular flexibility index (Phi) is 4.41. The van der Waals surface area contributed by atoms with Crippen LogP contribution in [0.4, 0.5) is 0 Å². The number of carbonyl (C=O) groups is 1. The number of hydrogen-bond donors (Lipinski definition) is 1. The number of aliphatic hydroxyl groups is 1. The lowest BCUT2D eigenvalue weighted by Gasteiger charge is -2.04. The Morgan fingerprint density at radius 1 is 1.40 bits per heavy atom. The van der Waals surface area contributed by atoms with Crippen LogP contribution in [0, 0.1) is 0 Å². The van der Waals surface area contributed by atoms with Crippen molar-refractivity contribution in [1.29, 1.82) is 0 Å². The molecule has 0 fully saturated rings. The van der Waals surface area contributed by atoms with Crippen molar-refractivity contribution in [3.63, 3.8) is 0 Å². The number of ketones is 1. The third kappa shape index (κ3) is 3.46. The van der Waals surface area contributed by atoms with Gasteiger partial charge in [0.15, 0.2) is 5.78 Å². The summed E-state index contributed by atoms with van der Waals surface area (Å²) in [5.41, 5.74) is 0.532. The highest BCUT2D eigenvalue weighted by atomic mass is 16.5. The monoisotopic (exact) mass is 206 g/mol. The summed E-state index contributed by atoms with van der Waals surface area (Å²) in [6.07, 6.45) is 2.81. The first-order valence-electron chi connectivity index (χ1n) is 4.86. The maximum atomic E-state index is 11.3. The summed E-state index contributed by atoms with van der Waals surface area (Å²) in [5.74, 6) is 0.529. The first-order chi connectivity index (χ1) is 7.27. The van der Waals surface area contributed by atoms with E-state index in [0.29, 0.717) is 12.2 Å². The summed E-state index contributed by atoms with van der Waals surface area (Å²) < 4.78 is 5.37. The van der Waals surface area contributed by atoms with Crippen molar-refractivity contribution in [2.75, 3.05) is 6.61 Å². The second-order valence-electron chi connectivity index (χ2n) is 3.05. The minimum Gasteiger partial charge on any atom is -0.515 e. The van der Waals surface area contributed by atoms with E-state index < -0.39 is 0 Å². The van der Waals surface area contributed by atoms with Gasteiger partial charge in [0.05, 0.1) is 12.9 Å². The Labute approximate surface area is 89.0 Å². The molecule has 1 rings (SSSR count). The van der Waals surface area contributed by atoms with Gasteiger partial charge in [0.2, 0.25) is 0 Å². The molecule has 15 heavy (non-hydrogen) atoms. The molecule has 0 bridgehead atoms. The van der Waals surface area contributed by atoms with E-state index in [9.17, 15) is 4.79 Å². The highest BCUT2D eigenvalue weighted by Crippen LogP contribution is 2.13. The zero-order chi connectivity index (χ0) is 11.1. The Bertz CT molecular complexity index is 338. The van der Waals surface area contributed by atoms with Gasteiger partial charge in [-0.2, -0.15) is 0 Å². The van der Waals surface area contributed by atoms with Crippen LogP contribution in [-0.2, 0) is 0 Å². The van der Waals surface area contributed by atoms with Crippen molar-refractivity contribution >= 4 is 5.78 Å². The van der Waals surface area contributed by atoms with Gasteiger partial charge in [-0.3, -0.25) is 4.79 Å². The number of hydrogen-bond acceptors (Lipinski definition) is 3. The van der Waals surface area contributed by atoms with Crippen LogP contribution in [-0.4, -0.2) is 17.5 Å². The Morgan fingerprint density at radius 3 is 2.60 bits per heavy atom. The van der Waals surface area contributed by atoms with Crippen LogP contribution < -0.4 is 4.74 Å². The topological polar surface area (TPSA) is 46.5 Å². The van der Waals surface area contributed by atoms with Crippen LogP contribution in [0.5, 0.6) is 5.75 Å². The Balaban J connectivity index is 2.67. The van der Waals surface area contributed by atoms with E-state index in [1.165, 1.54) is 0 Å². The molecule has 0 unspecified atom stereocenters. The Hall–Kier alpha value is -1.77. The number of aliphatic hydroxyl groups excluding tert-OH is 1. The van der Waals surface area contributed by atoms with E-state index in [1.807, 2.05) is 6.92 Å². The summed E-state index contributed by atoms with van der Waals surface area (Å²) in [6, 6.07) is 6.84. The van der Waals surface area contributed by atoms with Crippen LogP contribution in [0.1, 0.15) is 23.7 Å². The molecule has 0 aliphatic heterocycles. The molecule has 3 heteroatoms. The second kappa shape index (κ2) is 5.86. The predicted molar refractivity (Wildman–Crippen MR) is 58.3 cm³/mol. The van der Waals surface area contributed by atoms with Crippen molar-refractivity contribution in [3.05, 3.63) is 42.2 Å². The predicted octanol–water partition coefficient (Wildman–Crippen LogP) is 2.73. The van der Waals surface area contributed by atoms with Gasteiger partial charge in [0.25, 0.3) is 0 Å². The molecule has 0 spiro atoms. The third-order valence-electron chi connectivity index (χ3n) is 1.84. The average Bonchev–Trinajstić information content (AvgIpc) is 2.27. The zero-order valence-electron chi connectivity index (χ0n) is 8.64. The molecule has 0 aliphatic carbocycles. The largest absolute Gasteiger partial charge is 0.515 e. The summed E-state index contributed by atoms with van der Waals surface area (Å²) >= 11 is 0. The molecule has 1 N–H and O–H groups in total. The molecule has 1 aromatic carbocycles. The maximum absolute atomic E-state index is 11.3. The molecule has 1 aromatic rings. The fraction of sp³-hybridized carbons (Fsp3) is 0.250. The molecule has 0 amide bonds. The molecule has 0 radical (unpaired) electrons. The third-order valence-corrected chi connectivity index (χ3v) is 1.84. The molecule has 0 heterocycles. The number of rotatable bonds is 5. The first kappa shape index (κ1) is 11.3. The van der Waals surface area contributed by atoms with Crippen molar-refractivity contribution in [3.8, 4) is 5.75 Å². The number of allylic oxidation sites excluding steroid dienone is 1. The normalized spacial score (nSPS) is 10.5. The molecule has 0 aromatic heterocycles. The SMILES string of the molecule is CCCOc1ccc(C(=O)C=CO)cc1. The van der Waals surface area contributed by atoms with Crippen molar-refractivity contribution < 1.29 is 14.6 Å². The average molecular weight is 206 g/mol. The number of carbonyl (C=O) groups excluding carboxylic acids is 1. The highest BCUT2D eigenvalue weighted by molar-refractivity contribution is 6.04. The van der Waals surface area contributed by atoms with Gasteiger partial charge in [-0.05, 0) is 30.7 Å². The van der Waals surface area contributed by atoms with Crippen molar-refractivity contribution in [2.45, 2.75) is 13.3 Å². The molecular weight excluding hydrogens is 192 g/mol. The fourth-order valence-electron chi connectivity index (χ4n) is 1.10. The van der Waals surface area contributed by atoms with Gasteiger partial charge < -0.3 is 9.84 Å². The summed E-state index contributed by atoms with van der Waals surface area (Å²) in [6.45, 7) is 2.70. The fourth-order valence-corrected chi connectivity index (χ4v) is 1.10. The highest BCUT2D eigenvalue weighted by Gasteiger charge is 2.01. The van der Waals surface area contributed by atoms with Crippen molar-refractivity contribution in [2.24, 2.45) is 0 Å². The number of ether oxygens (including phenoxy) is 1. The van der Waals surface area contributed by atoms with Crippen LogP contribution in [0.25, 0.3) is 0 Å². The second-order valence-corrected chi connectivity index (χ2v) is 3.05. The van der Waals surface area contributed by atoms with Crippen LogP contribution in [0.2, 0.25) is 0 Å². The summed E-state index contributed by atoms with van der Waals surface area (Å²) in [4.78, 5) is 11.3. The number of benzene rings is 1. The maximum Gasteiger partial charge on any atom is 0.188 e. The van der Waals surface area contributed by atoms with Crippen molar-refractivity contribution in [1.82, 2.24) is 0 Å². The molecule has 3 nitrogen and oxygen atoms in total. The Morgan fingerprint density at radius 2 is 2.07 bits per heavy atom. The van der Waals surface area contributed by atoms with E-state index in [-0.39, 0.29) is 5.78 Å². The standard InChI is InChI=1S/C12H14O3/c1-2-9-15-11-5-3-10(4-6-11)12(14)7-8-13/h3-8,13H,2,9H2,1H3. The molecule has 0 saturated carbocycles. The molecular formula is C12H14O3. The lowest BCUT2D eigenvalue weighted by Crippen LogP contribution is -1.97. The van der Waals surface area contributed by atoms with Gasteiger partial charge in [0.1, 0.15) is 5.75 Å². The molecule has 0 atom stereocenters. The van der Waals surface area contributed by atoms with E-state index >= 15 is 0 Å². The van der Waals surface area contributed by atoms with E-state index in [0.717, 1.165) is 24.5 Å². The van der Waals surface area contributed by atoms with Gasteiger partial charge in [0, 0.05) is 11.6 Å². The first-order valence-corrected chi connectivity index (χ1v) is 4.86. The van der Waals surface area contributed by atoms with Crippen LogP contribution in [0.3, 0.4) is 0 Å². The lowest BCUT2D eigenvalue weighted by molar-refractivity contribution is 0.104. The smallest absolute Gasteiger partial charge is 0.188 e. The molecule has 80 valence electrons. The molecule has 0 aliphatic rings. The zero-order valence-corrected chi connectivity index (χ0v) is 8.64. The van der Waals surface area contributed by atoms with E-state index in [4.69, 9.17) is 9.84 Å². The lowest BCUT2D eigenvalue weighted by atomic mass is 10.1. The van der Waals surface area contributed by atoms with Gasteiger partial charge in [-0.15, -0.1) is 0 Å². The minimum atomic E-state index is -0.223. The summed E-state index contributed by atoms with van der Waals surface area (Å²) in [7, 11) is 0. The van der Waals surface area contributed by atoms with Crippen LogP contribution in [0.15, 0.2) is 36.6 Å². The minimum absolute atomic E-state index is 0.223.